The van der Waals surface area contributed by atoms with Crippen molar-refractivity contribution >= 4 is 17.4 Å². The quantitative estimate of drug-likeness (QED) is 0.913. The molecular weight excluding hydrogens is 267 g/mol. The summed E-state index contributed by atoms with van der Waals surface area (Å²) >= 11 is 1.43. The number of carbonyl (C=O) groups is 1. The number of hydrogen-bond acceptors (Lipinski definition) is 3. The van der Waals surface area contributed by atoms with Gasteiger partial charge in [-0.3, -0.25) is 0 Å². The Hall–Kier alpha value is -1.24. The summed E-state index contributed by atoms with van der Waals surface area (Å²) in [5.41, 5.74) is 0. The van der Waals surface area contributed by atoms with Gasteiger partial charge < -0.3 is 10.1 Å². The monoisotopic (exact) mass is 281 g/mol. The number of nitrogens with one attached hydrogen (secondary N) is 1. The summed E-state index contributed by atoms with van der Waals surface area (Å²) in [4.78, 5) is 12.2. The first kappa shape index (κ1) is 14.8. The number of ether oxygens (including phenoxy) is 1. The maximum Gasteiger partial charge on any atom is 0.422 e. The number of alkyl carbamates (subject to hydrolysis) is 1. The maximum atomic E-state index is 11.9. The van der Waals surface area contributed by atoms with Gasteiger partial charge in [0.25, 0.3) is 0 Å². The van der Waals surface area contributed by atoms with Crippen molar-refractivity contribution in [1.82, 2.24) is 5.32 Å². The largest absolute Gasteiger partial charge is 0.440 e. The van der Waals surface area contributed by atoms with Gasteiger partial charge in [-0.1, -0.05) is 19.9 Å². The van der Waals surface area contributed by atoms with Gasteiger partial charge in [0.2, 0.25) is 0 Å². The van der Waals surface area contributed by atoms with Crippen molar-refractivity contribution < 1.29 is 22.7 Å². The highest BCUT2D eigenvalue weighted by Gasteiger charge is 2.30. The second-order valence-electron chi connectivity index (χ2n) is 4.07. The van der Waals surface area contributed by atoms with Gasteiger partial charge >= 0.3 is 12.3 Å². The molecule has 1 heterocycles. The van der Waals surface area contributed by atoms with Gasteiger partial charge in [-0.25, -0.2) is 4.79 Å². The molecular formula is C11H14F3NO2S. The number of thiophene rings is 1. The predicted molar refractivity (Wildman–Crippen MR) is 62.4 cm³/mol. The Bertz CT molecular complexity index is 376. The summed E-state index contributed by atoms with van der Waals surface area (Å²) in [6.45, 7) is 2.16. The first-order valence-electron chi connectivity index (χ1n) is 5.33. The average molecular weight is 281 g/mol. The third kappa shape index (κ3) is 4.95. The van der Waals surface area contributed by atoms with Crippen LogP contribution < -0.4 is 5.32 Å². The Morgan fingerprint density at radius 1 is 1.50 bits per heavy atom. The Kier molecular flexibility index (Phi) is 5.01. The number of alkyl halides is 3. The molecule has 1 aromatic heterocycles. The molecule has 0 fully saturated rings. The van der Waals surface area contributed by atoms with Gasteiger partial charge in [0.05, 0.1) is 6.04 Å². The molecule has 0 aliphatic heterocycles. The van der Waals surface area contributed by atoms with Gasteiger partial charge in [-0.2, -0.15) is 13.2 Å². The molecule has 3 nitrogen and oxygen atoms in total. The van der Waals surface area contributed by atoms with E-state index in [2.05, 4.69) is 10.1 Å². The van der Waals surface area contributed by atoms with E-state index in [1.165, 1.54) is 11.3 Å². The highest BCUT2D eigenvalue weighted by atomic mass is 32.1. The van der Waals surface area contributed by atoms with Crippen molar-refractivity contribution in [3.63, 3.8) is 0 Å². The van der Waals surface area contributed by atoms with Crippen LogP contribution in [0.2, 0.25) is 0 Å². The van der Waals surface area contributed by atoms with Gasteiger partial charge in [0, 0.05) is 4.88 Å². The summed E-state index contributed by atoms with van der Waals surface area (Å²) in [6, 6.07) is 3.29. The van der Waals surface area contributed by atoms with Crippen LogP contribution in [-0.2, 0) is 4.74 Å². The van der Waals surface area contributed by atoms with Crippen LogP contribution in [0.1, 0.15) is 24.8 Å². The lowest BCUT2D eigenvalue weighted by atomic mass is 10.0. The second-order valence-corrected chi connectivity index (χ2v) is 5.05. The van der Waals surface area contributed by atoms with Crippen molar-refractivity contribution in [2.45, 2.75) is 26.1 Å². The first-order chi connectivity index (χ1) is 8.29. The molecule has 1 amide bonds. The standard InChI is InChI=1S/C11H14F3NO2S/c1-7(2)9(8-4-3-5-18-8)15-10(16)17-6-11(12,13)14/h3-5,7,9H,6H2,1-2H3,(H,15,16). The van der Waals surface area contributed by atoms with E-state index in [1.54, 1.807) is 0 Å². The number of halogens is 3. The molecule has 18 heavy (non-hydrogen) atoms. The second kappa shape index (κ2) is 6.08. The maximum absolute atomic E-state index is 11.9. The van der Waals surface area contributed by atoms with E-state index in [-0.39, 0.29) is 12.0 Å². The fourth-order valence-electron chi connectivity index (χ4n) is 1.35. The highest BCUT2D eigenvalue weighted by Crippen LogP contribution is 2.26. The third-order valence-corrected chi connectivity index (χ3v) is 3.11. The molecule has 0 spiro atoms. The number of hydrogen-bond donors (Lipinski definition) is 1. The smallest absolute Gasteiger partial charge is 0.422 e. The van der Waals surface area contributed by atoms with Crippen LogP contribution in [0.25, 0.3) is 0 Å². The highest BCUT2D eigenvalue weighted by molar-refractivity contribution is 7.10. The van der Waals surface area contributed by atoms with Crippen molar-refractivity contribution in [2.24, 2.45) is 5.92 Å². The summed E-state index contributed by atoms with van der Waals surface area (Å²) in [6.07, 6.45) is -5.56. The molecule has 1 N–H and O–H groups in total. The summed E-state index contributed by atoms with van der Waals surface area (Å²) < 4.78 is 39.8. The van der Waals surface area contributed by atoms with Crippen molar-refractivity contribution in [3.8, 4) is 0 Å². The zero-order valence-electron chi connectivity index (χ0n) is 9.95. The molecule has 0 radical (unpaired) electrons. The molecule has 1 atom stereocenters. The molecule has 0 aliphatic rings. The lowest BCUT2D eigenvalue weighted by Gasteiger charge is -2.21. The Labute approximate surface area is 107 Å². The van der Waals surface area contributed by atoms with Crippen LogP contribution in [0.3, 0.4) is 0 Å². The first-order valence-corrected chi connectivity index (χ1v) is 6.21. The molecule has 102 valence electrons. The average Bonchev–Trinajstić information content (AvgIpc) is 2.74. The zero-order valence-corrected chi connectivity index (χ0v) is 10.8. The Morgan fingerprint density at radius 2 is 2.17 bits per heavy atom. The molecule has 0 saturated carbocycles. The van der Waals surface area contributed by atoms with E-state index in [4.69, 9.17) is 0 Å². The molecule has 1 aromatic rings. The number of rotatable bonds is 4. The predicted octanol–water partition coefficient (Wildman–Crippen LogP) is 3.73. The van der Waals surface area contributed by atoms with E-state index in [0.29, 0.717) is 0 Å². The molecule has 1 rings (SSSR count). The molecule has 0 aromatic carbocycles. The molecule has 1 unspecified atom stereocenters. The lowest BCUT2D eigenvalue weighted by molar-refractivity contribution is -0.160. The number of amides is 1. The Balaban J connectivity index is 2.55. The fourth-order valence-corrected chi connectivity index (χ4v) is 2.30. The van der Waals surface area contributed by atoms with Gasteiger partial charge in [0.1, 0.15) is 0 Å². The molecule has 0 aliphatic carbocycles. The van der Waals surface area contributed by atoms with E-state index < -0.39 is 18.9 Å². The fraction of sp³-hybridized carbons (Fsp3) is 0.545. The van der Waals surface area contributed by atoms with E-state index in [0.717, 1.165) is 4.88 Å². The molecule has 0 bridgehead atoms. The van der Waals surface area contributed by atoms with E-state index in [1.807, 2.05) is 31.4 Å². The van der Waals surface area contributed by atoms with Crippen LogP contribution in [0.5, 0.6) is 0 Å². The minimum absolute atomic E-state index is 0.0575. The van der Waals surface area contributed by atoms with Gasteiger partial charge in [-0.15, -0.1) is 11.3 Å². The molecule has 0 saturated heterocycles. The van der Waals surface area contributed by atoms with Crippen molar-refractivity contribution in [3.05, 3.63) is 22.4 Å². The van der Waals surface area contributed by atoms with Crippen molar-refractivity contribution in [2.75, 3.05) is 6.61 Å². The van der Waals surface area contributed by atoms with Gasteiger partial charge in [0.15, 0.2) is 6.61 Å². The normalized spacial score (nSPS) is 13.4. The minimum Gasteiger partial charge on any atom is -0.440 e. The zero-order chi connectivity index (χ0) is 13.8. The summed E-state index contributed by atoms with van der Waals surface area (Å²) in [7, 11) is 0. The van der Waals surface area contributed by atoms with Crippen LogP contribution in [0, 0.1) is 5.92 Å². The SMILES string of the molecule is CC(C)C(NC(=O)OCC(F)(F)F)c1cccs1. The topological polar surface area (TPSA) is 38.3 Å². The van der Waals surface area contributed by atoms with Crippen LogP contribution in [0.15, 0.2) is 17.5 Å². The van der Waals surface area contributed by atoms with Crippen LogP contribution in [-0.4, -0.2) is 18.9 Å². The summed E-state index contributed by atoms with van der Waals surface area (Å²) in [5.74, 6) is 0.0575. The molecule has 7 heteroatoms. The third-order valence-electron chi connectivity index (χ3n) is 2.16. The number of carbonyl (C=O) groups excluding carboxylic acids is 1. The van der Waals surface area contributed by atoms with Crippen LogP contribution in [0.4, 0.5) is 18.0 Å². The van der Waals surface area contributed by atoms with Crippen molar-refractivity contribution in [1.29, 1.82) is 0 Å². The Morgan fingerprint density at radius 3 is 2.61 bits per heavy atom. The minimum atomic E-state index is -4.51. The lowest BCUT2D eigenvalue weighted by Crippen LogP contribution is -2.34. The van der Waals surface area contributed by atoms with Gasteiger partial charge in [-0.05, 0) is 17.4 Å². The van der Waals surface area contributed by atoms with Crippen LogP contribution >= 0.6 is 11.3 Å². The summed E-state index contributed by atoms with van der Waals surface area (Å²) in [5, 5.41) is 4.28. The van der Waals surface area contributed by atoms with E-state index >= 15 is 0 Å². The van der Waals surface area contributed by atoms with E-state index in [9.17, 15) is 18.0 Å².